The minimum atomic E-state index is -4.52. The summed E-state index contributed by atoms with van der Waals surface area (Å²) in [6.45, 7) is 3.10. The number of nitrogens with one attached hydrogen (secondary N) is 1. The molecule has 0 unspecified atom stereocenters. The summed E-state index contributed by atoms with van der Waals surface area (Å²) >= 11 is 6.46. The zero-order valence-electron chi connectivity index (χ0n) is 17.1. The van der Waals surface area contributed by atoms with Crippen LogP contribution in [0.25, 0.3) is 22.4 Å². The van der Waals surface area contributed by atoms with Crippen LogP contribution in [0.1, 0.15) is 5.69 Å². The third kappa shape index (κ3) is 4.57. The Morgan fingerprint density at radius 2 is 1.79 bits per heavy atom. The number of anilines is 1. The molecule has 1 aromatic carbocycles. The maximum atomic E-state index is 12.7. The first kappa shape index (κ1) is 21.5. The minimum Gasteiger partial charge on any atom is -0.424 e. The summed E-state index contributed by atoms with van der Waals surface area (Å²) in [5, 5.41) is 0.424. The highest BCUT2D eigenvalue weighted by molar-refractivity contribution is 6.33. The van der Waals surface area contributed by atoms with E-state index in [1.54, 1.807) is 6.07 Å². The van der Waals surface area contributed by atoms with Crippen LogP contribution >= 0.6 is 11.6 Å². The summed E-state index contributed by atoms with van der Waals surface area (Å²) in [4.78, 5) is 17.4. The second-order valence-electron chi connectivity index (χ2n) is 7.36. The van der Waals surface area contributed by atoms with Gasteiger partial charge in [0.2, 0.25) is 0 Å². The number of hydrogen-bond acceptors (Lipinski definition) is 6. The standard InChI is InChI=1S/C22H17ClF3N5O2/c23-16-11-17-20(30-21(28-17)33-15-5-6-18(27-12-15)22(24,25)26)29-19(16)13-1-3-14(4-2-13)31-7-9-32-10-8-31/h1-6,11-12H,7-10H2,(H,28,29,30). The Kier molecular flexibility index (Phi) is 5.55. The van der Waals surface area contributed by atoms with Crippen molar-refractivity contribution in [3.8, 4) is 23.0 Å². The van der Waals surface area contributed by atoms with Crippen molar-refractivity contribution in [2.45, 2.75) is 6.18 Å². The fourth-order valence-corrected chi connectivity index (χ4v) is 3.78. The highest BCUT2D eigenvalue weighted by atomic mass is 35.5. The molecule has 0 spiro atoms. The zero-order valence-corrected chi connectivity index (χ0v) is 17.8. The first-order valence-electron chi connectivity index (χ1n) is 10.1. The summed E-state index contributed by atoms with van der Waals surface area (Å²) in [5.74, 6) is 0.104. The fraction of sp³-hybridized carbons (Fsp3) is 0.227. The van der Waals surface area contributed by atoms with Crippen molar-refractivity contribution < 1.29 is 22.6 Å². The quantitative estimate of drug-likeness (QED) is 0.430. The van der Waals surface area contributed by atoms with Gasteiger partial charge in [-0.05, 0) is 30.3 Å². The van der Waals surface area contributed by atoms with Crippen LogP contribution in [0.2, 0.25) is 5.02 Å². The Labute approximate surface area is 191 Å². The largest absolute Gasteiger partial charge is 0.433 e. The molecule has 0 atom stereocenters. The molecule has 170 valence electrons. The maximum absolute atomic E-state index is 12.7. The molecule has 3 aromatic heterocycles. The Hall–Kier alpha value is -3.37. The average molecular weight is 476 g/mol. The highest BCUT2D eigenvalue weighted by Crippen LogP contribution is 2.32. The molecule has 4 aromatic rings. The molecule has 33 heavy (non-hydrogen) atoms. The Bertz CT molecular complexity index is 1270. The van der Waals surface area contributed by atoms with Gasteiger partial charge in [-0.3, -0.25) is 0 Å². The average Bonchev–Trinajstić information content (AvgIpc) is 3.20. The van der Waals surface area contributed by atoms with Gasteiger partial charge in [0.25, 0.3) is 0 Å². The smallest absolute Gasteiger partial charge is 0.424 e. The second kappa shape index (κ2) is 8.53. The van der Waals surface area contributed by atoms with E-state index >= 15 is 0 Å². The number of imidazole rings is 1. The van der Waals surface area contributed by atoms with Crippen LogP contribution in [-0.4, -0.2) is 46.2 Å². The van der Waals surface area contributed by atoms with E-state index in [0.717, 1.165) is 36.6 Å². The van der Waals surface area contributed by atoms with E-state index in [4.69, 9.17) is 21.1 Å². The molecule has 5 rings (SSSR count). The Morgan fingerprint density at radius 1 is 1.03 bits per heavy atom. The monoisotopic (exact) mass is 475 g/mol. The lowest BCUT2D eigenvalue weighted by Gasteiger charge is -2.28. The lowest BCUT2D eigenvalue weighted by atomic mass is 10.1. The minimum absolute atomic E-state index is 0.0648. The molecule has 0 radical (unpaired) electrons. The number of rotatable bonds is 4. The number of halogens is 4. The lowest BCUT2D eigenvalue weighted by molar-refractivity contribution is -0.141. The molecule has 0 bridgehead atoms. The number of morpholine rings is 1. The van der Waals surface area contributed by atoms with Gasteiger partial charge in [0, 0.05) is 24.3 Å². The van der Waals surface area contributed by atoms with Gasteiger partial charge in [0.05, 0.1) is 35.6 Å². The van der Waals surface area contributed by atoms with Crippen LogP contribution in [0.5, 0.6) is 11.8 Å². The van der Waals surface area contributed by atoms with Crippen molar-refractivity contribution in [2.75, 3.05) is 31.2 Å². The van der Waals surface area contributed by atoms with Crippen LogP contribution in [0.3, 0.4) is 0 Å². The number of H-pyrrole nitrogens is 1. The predicted molar refractivity (Wildman–Crippen MR) is 117 cm³/mol. The molecule has 1 aliphatic heterocycles. The maximum Gasteiger partial charge on any atom is 0.433 e. The molecule has 0 aliphatic carbocycles. The van der Waals surface area contributed by atoms with Crippen molar-refractivity contribution in [1.82, 2.24) is 19.9 Å². The van der Waals surface area contributed by atoms with Crippen LogP contribution in [0, 0.1) is 0 Å². The first-order valence-corrected chi connectivity index (χ1v) is 10.4. The van der Waals surface area contributed by atoms with E-state index in [-0.39, 0.29) is 11.8 Å². The van der Waals surface area contributed by atoms with E-state index in [1.807, 2.05) is 24.3 Å². The first-order chi connectivity index (χ1) is 15.9. The van der Waals surface area contributed by atoms with Gasteiger partial charge in [-0.15, -0.1) is 0 Å². The summed E-state index contributed by atoms with van der Waals surface area (Å²) in [6, 6.07) is 11.7. The number of aromatic nitrogens is 4. The Morgan fingerprint density at radius 3 is 2.45 bits per heavy atom. The van der Waals surface area contributed by atoms with Crippen molar-refractivity contribution in [2.24, 2.45) is 0 Å². The van der Waals surface area contributed by atoms with Crippen LogP contribution in [0.4, 0.5) is 18.9 Å². The summed E-state index contributed by atoms with van der Waals surface area (Å²) in [5.41, 5.74) is 2.38. The summed E-state index contributed by atoms with van der Waals surface area (Å²) in [7, 11) is 0. The molecular weight excluding hydrogens is 459 g/mol. The van der Waals surface area contributed by atoms with E-state index in [0.29, 0.717) is 35.1 Å². The topological polar surface area (TPSA) is 76.2 Å². The normalized spacial score (nSPS) is 14.6. The van der Waals surface area contributed by atoms with Crippen molar-refractivity contribution in [1.29, 1.82) is 0 Å². The molecule has 11 heteroatoms. The lowest BCUT2D eigenvalue weighted by Crippen LogP contribution is -2.36. The number of benzene rings is 1. The molecule has 1 saturated heterocycles. The van der Waals surface area contributed by atoms with Crippen LogP contribution in [0.15, 0.2) is 48.7 Å². The van der Waals surface area contributed by atoms with Crippen LogP contribution in [-0.2, 0) is 10.9 Å². The third-order valence-electron chi connectivity index (χ3n) is 5.16. The van der Waals surface area contributed by atoms with Gasteiger partial charge in [-0.2, -0.15) is 18.2 Å². The van der Waals surface area contributed by atoms with E-state index < -0.39 is 11.9 Å². The number of aromatic amines is 1. The summed E-state index contributed by atoms with van der Waals surface area (Å²) < 4.78 is 48.9. The van der Waals surface area contributed by atoms with E-state index in [2.05, 4.69) is 24.8 Å². The molecule has 1 N–H and O–H groups in total. The second-order valence-corrected chi connectivity index (χ2v) is 7.76. The van der Waals surface area contributed by atoms with Gasteiger partial charge in [0.15, 0.2) is 5.65 Å². The van der Waals surface area contributed by atoms with Crippen molar-refractivity contribution in [3.05, 3.63) is 59.4 Å². The number of hydrogen-bond donors (Lipinski definition) is 1. The van der Waals surface area contributed by atoms with Crippen molar-refractivity contribution in [3.63, 3.8) is 0 Å². The van der Waals surface area contributed by atoms with Crippen molar-refractivity contribution >= 4 is 28.5 Å². The predicted octanol–water partition coefficient (Wildman–Crippen LogP) is 5.32. The molecule has 0 amide bonds. The zero-order chi connectivity index (χ0) is 23.0. The van der Waals surface area contributed by atoms with Gasteiger partial charge in [-0.1, -0.05) is 23.7 Å². The molecular formula is C22H17ClF3N5O2. The molecule has 0 saturated carbocycles. The Balaban J connectivity index is 1.38. The number of alkyl halides is 3. The van der Waals surface area contributed by atoms with E-state index in [9.17, 15) is 13.2 Å². The van der Waals surface area contributed by atoms with Gasteiger partial charge in [-0.25, -0.2) is 9.97 Å². The SMILES string of the molecule is FC(F)(F)c1ccc(Oc2nc3nc(-c4ccc(N5CCOCC5)cc4)c(Cl)cc3[nH]2)cn1. The fourth-order valence-electron chi connectivity index (χ4n) is 3.52. The number of pyridine rings is 2. The third-order valence-corrected chi connectivity index (χ3v) is 5.45. The number of fused-ring (bicyclic) bond motifs is 1. The molecule has 7 nitrogen and oxygen atoms in total. The molecule has 1 fully saturated rings. The highest BCUT2D eigenvalue weighted by Gasteiger charge is 2.32. The summed E-state index contributed by atoms with van der Waals surface area (Å²) in [6.07, 6.45) is -3.53. The number of ether oxygens (including phenoxy) is 2. The van der Waals surface area contributed by atoms with E-state index in [1.165, 1.54) is 6.07 Å². The van der Waals surface area contributed by atoms with Crippen LogP contribution < -0.4 is 9.64 Å². The number of nitrogens with zero attached hydrogens (tertiary/aromatic N) is 4. The van der Waals surface area contributed by atoms with Gasteiger partial charge >= 0.3 is 12.2 Å². The van der Waals surface area contributed by atoms with Gasteiger partial charge < -0.3 is 19.4 Å². The van der Waals surface area contributed by atoms with Gasteiger partial charge in [0.1, 0.15) is 11.4 Å². The molecule has 4 heterocycles. The molecule has 1 aliphatic rings.